The van der Waals surface area contributed by atoms with Crippen LogP contribution >= 0.6 is 37.2 Å². The van der Waals surface area contributed by atoms with E-state index in [1.165, 1.54) is 18.3 Å². The summed E-state index contributed by atoms with van der Waals surface area (Å²) in [6.07, 6.45) is -1.27. The molecule has 6 aromatic rings. The SMILES string of the molecule is COc1ccc(N=Cc2cccc(-c3ccccc3)c2O)cc1.Oc1c(C=Nc2ccc(C(F)(F)F)cc2)cccc1-c1ccccc1.[Cl][Ti][Cl].[Cl][Ti][Cl]. The first-order chi connectivity index (χ1) is 26.1. The molecule has 5 nitrogen and oxygen atoms in total. The van der Waals surface area contributed by atoms with Gasteiger partial charge in [-0.2, -0.15) is 13.2 Å². The molecule has 0 aliphatic carbocycles. The summed E-state index contributed by atoms with van der Waals surface area (Å²) in [7, 11) is 21.2. The Morgan fingerprint density at radius 3 is 1.26 bits per heavy atom. The number of hydrogen-bond acceptors (Lipinski definition) is 5. The first-order valence-electron chi connectivity index (χ1n) is 15.6. The number of hydrogen-bond donors (Lipinski definition) is 2. The number of methoxy groups -OCH3 is 1. The number of phenols is 2. The minimum atomic E-state index is -4.37. The van der Waals surface area contributed by atoms with E-state index in [-0.39, 0.29) is 11.5 Å². The molecule has 0 unspecified atom stereocenters. The van der Waals surface area contributed by atoms with Crippen LogP contribution in [0.3, 0.4) is 0 Å². The van der Waals surface area contributed by atoms with E-state index in [2.05, 4.69) is 9.98 Å². The number of nitrogens with zero attached hydrogens (tertiary/aromatic N) is 2. The first-order valence-corrected chi connectivity index (χ1v) is 24.2. The van der Waals surface area contributed by atoms with Gasteiger partial charge in [-0.15, -0.1) is 0 Å². The van der Waals surface area contributed by atoms with E-state index < -0.39 is 45.8 Å². The molecule has 0 saturated carbocycles. The zero-order valence-electron chi connectivity index (χ0n) is 28.4. The molecule has 6 rings (SSSR count). The third kappa shape index (κ3) is 14.6. The number of benzene rings is 6. The maximum atomic E-state index is 12.6. The van der Waals surface area contributed by atoms with Gasteiger partial charge in [0.25, 0.3) is 0 Å². The first kappa shape index (κ1) is 44.8. The number of aliphatic imine (C=N–C) groups is 2. The number of para-hydroxylation sites is 2. The van der Waals surface area contributed by atoms with Crippen LogP contribution in [0.2, 0.25) is 0 Å². The maximum absolute atomic E-state index is 12.6. The van der Waals surface area contributed by atoms with E-state index in [0.29, 0.717) is 22.4 Å². The van der Waals surface area contributed by atoms with Gasteiger partial charge in [0.15, 0.2) is 0 Å². The Morgan fingerprint density at radius 1 is 0.537 bits per heavy atom. The monoisotopic (exact) mass is 880 g/mol. The number of aromatic hydroxyl groups is 2. The van der Waals surface area contributed by atoms with Crippen molar-refractivity contribution in [3.8, 4) is 39.5 Å². The summed E-state index contributed by atoms with van der Waals surface area (Å²) < 4.78 is 42.8. The molecule has 0 fully saturated rings. The second-order valence-electron chi connectivity index (χ2n) is 10.6. The molecule has 0 spiro atoms. The standard InChI is InChI=1S/C20H14F3NO.C20H17NO2.4ClH.2Ti/c21-20(22,23)16-9-11-17(12-10-16)24-13-15-7-4-8-18(19(15)25)14-5-2-1-3-6-14;1-23-18-12-10-17(11-13-18)21-14-16-8-5-9-19(20(16)22)15-6-3-2-4-7-15;;;;;;/h1-13,25H;2-14,22H,1H3;4*1H;;/q;;;;;;2*+2/p-4. The fraction of sp³-hybridized carbons (Fsp3) is 0.0500. The summed E-state index contributed by atoms with van der Waals surface area (Å²) in [4.78, 5) is 8.55. The van der Waals surface area contributed by atoms with Crippen LogP contribution < -0.4 is 4.74 Å². The van der Waals surface area contributed by atoms with Crippen molar-refractivity contribution < 1.29 is 62.2 Å². The molecule has 0 bridgehead atoms. The molecule has 0 saturated heterocycles. The van der Waals surface area contributed by atoms with Crippen LogP contribution in [0.15, 0.2) is 156 Å². The summed E-state index contributed by atoms with van der Waals surface area (Å²) in [6.45, 7) is 0. The van der Waals surface area contributed by atoms with Crippen molar-refractivity contribution >= 4 is 61.0 Å². The van der Waals surface area contributed by atoms with Gasteiger partial charge in [-0.25, -0.2) is 0 Å². The average molecular weight is 882 g/mol. The fourth-order valence-corrected chi connectivity index (χ4v) is 4.73. The normalized spacial score (nSPS) is 10.6. The predicted molar refractivity (Wildman–Crippen MR) is 209 cm³/mol. The Hall–Kier alpha value is -3.56. The van der Waals surface area contributed by atoms with Gasteiger partial charge in [-0.3, -0.25) is 9.98 Å². The van der Waals surface area contributed by atoms with Gasteiger partial charge in [0.05, 0.1) is 24.0 Å². The van der Waals surface area contributed by atoms with E-state index in [0.717, 1.165) is 40.3 Å². The van der Waals surface area contributed by atoms with E-state index in [1.807, 2.05) is 103 Å². The topological polar surface area (TPSA) is 74.4 Å². The molecule has 0 aliphatic rings. The van der Waals surface area contributed by atoms with Crippen LogP contribution in [0.5, 0.6) is 17.2 Å². The van der Waals surface area contributed by atoms with Crippen LogP contribution in [-0.2, 0) is 40.2 Å². The van der Waals surface area contributed by atoms with Crippen LogP contribution in [0, 0.1) is 0 Å². The van der Waals surface area contributed by atoms with Crippen molar-refractivity contribution in [1.29, 1.82) is 0 Å². The molecular formula is C40H31Cl4F3N2O3Ti2. The average Bonchev–Trinajstić information content (AvgIpc) is 3.19. The van der Waals surface area contributed by atoms with E-state index in [1.54, 1.807) is 31.5 Å². The van der Waals surface area contributed by atoms with Crippen molar-refractivity contribution in [3.05, 3.63) is 162 Å². The van der Waals surface area contributed by atoms with Gasteiger partial charge < -0.3 is 14.9 Å². The zero-order chi connectivity index (χ0) is 39.3. The van der Waals surface area contributed by atoms with Crippen molar-refractivity contribution in [2.45, 2.75) is 6.18 Å². The van der Waals surface area contributed by atoms with E-state index in [4.69, 9.17) is 42.0 Å². The Balaban J connectivity index is 0.000000254. The molecule has 0 aliphatic heterocycles. The van der Waals surface area contributed by atoms with Crippen molar-refractivity contribution in [3.63, 3.8) is 0 Å². The molecule has 6 aromatic carbocycles. The van der Waals surface area contributed by atoms with Crippen LogP contribution in [0.1, 0.15) is 16.7 Å². The molecule has 0 heterocycles. The predicted octanol–water partition coefficient (Wildman–Crippen LogP) is 13.4. The van der Waals surface area contributed by atoms with Crippen LogP contribution in [0.4, 0.5) is 24.5 Å². The van der Waals surface area contributed by atoms with E-state index >= 15 is 0 Å². The van der Waals surface area contributed by atoms with Gasteiger partial charge >= 0.3 is 77.5 Å². The van der Waals surface area contributed by atoms with Gasteiger partial charge in [-0.05, 0) is 71.8 Å². The number of ether oxygens (including phenoxy) is 1. The molecular weight excluding hydrogens is 851 g/mol. The van der Waals surface area contributed by atoms with Gasteiger partial charge in [-0.1, -0.05) is 84.9 Å². The molecule has 276 valence electrons. The summed E-state index contributed by atoms with van der Waals surface area (Å²) in [5.74, 6) is 1.10. The second-order valence-corrected chi connectivity index (χ2v) is 15.8. The second kappa shape index (κ2) is 24.1. The third-order valence-corrected chi connectivity index (χ3v) is 7.28. The molecule has 54 heavy (non-hydrogen) atoms. The summed E-state index contributed by atoms with van der Waals surface area (Å²) >= 11 is -1.11. The number of alkyl halides is 3. The van der Waals surface area contributed by atoms with E-state index in [9.17, 15) is 23.4 Å². The number of rotatable bonds is 7. The van der Waals surface area contributed by atoms with Crippen molar-refractivity contribution in [1.82, 2.24) is 0 Å². The Bertz CT molecular complexity index is 2060. The fourth-order valence-electron chi connectivity index (χ4n) is 4.73. The summed E-state index contributed by atoms with van der Waals surface area (Å²) in [5, 5.41) is 20.9. The van der Waals surface area contributed by atoms with Crippen molar-refractivity contribution in [2.24, 2.45) is 9.98 Å². The molecule has 14 heteroatoms. The molecule has 0 radical (unpaired) electrons. The molecule has 0 amide bonds. The molecule has 0 aromatic heterocycles. The zero-order valence-corrected chi connectivity index (χ0v) is 34.5. The minimum absolute atomic E-state index is 0.0735. The molecule has 2 N–H and O–H groups in total. The Morgan fingerprint density at radius 2 is 0.907 bits per heavy atom. The van der Waals surface area contributed by atoms with Gasteiger partial charge in [0.1, 0.15) is 17.2 Å². The summed E-state index contributed by atoms with van der Waals surface area (Å²) in [6, 6.07) is 42.1. The van der Waals surface area contributed by atoms with Crippen LogP contribution in [-0.4, -0.2) is 29.8 Å². The summed E-state index contributed by atoms with van der Waals surface area (Å²) in [5.41, 5.74) is 4.92. The Labute approximate surface area is 345 Å². The van der Waals surface area contributed by atoms with Crippen LogP contribution in [0.25, 0.3) is 22.3 Å². The number of halogens is 7. The van der Waals surface area contributed by atoms with Gasteiger partial charge in [0.2, 0.25) is 0 Å². The number of phenolic OH excluding ortho intramolecular Hbond substituents is 2. The quantitative estimate of drug-likeness (QED) is 0.124. The van der Waals surface area contributed by atoms with Gasteiger partial charge in [0, 0.05) is 34.7 Å². The van der Waals surface area contributed by atoms with Crippen molar-refractivity contribution in [2.75, 3.05) is 7.11 Å². The molecule has 0 atom stereocenters. The Kier molecular flexibility index (Phi) is 20.0. The third-order valence-electron chi connectivity index (χ3n) is 7.28.